The lowest BCUT2D eigenvalue weighted by Crippen LogP contribution is -2.20. The molecule has 0 fully saturated rings. The van der Waals surface area contributed by atoms with Crippen LogP contribution >= 0.6 is 0 Å². The van der Waals surface area contributed by atoms with Crippen LogP contribution in [0.25, 0.3) is 0 Å². The molecule has 1 N–H and O–H groups in total. The number of hydrogen-bond acceptors (Lipinski definition) is 2. The van der Waals surface area contributed by atoms with Gasteiger partial charge in [-0.15, -0.1) is 0 Å². The topological polar surface area (TPSA) is 35.8 Å². The van der Waals surface area contributed by atoms with Crippen molar-refractivity contribution in [3.05, 3.63) is 41.2 Å². The molecular weight excluding hydrogens is 239 g/mol. The van der Waals surface area contributed by atoms with Crippen LogP contribution in [0.3, 0.4) is 0 Å². The molecule has 1 aliphatic rings. The summed E-state index contributed by atoms with van der Waals surface area (Å²) in [6.45, 7) is 5.16. The van der Waals surface area contributed by atoms with Crippen molar-refractivity contribution in [2.75, 3.05) is 11.9 Å². The Morgan fingerprint density at radius 3 is 2.95 bits per heavy atom. The monoisotopic (exact) mass is 258 g/mol. The third-order valence-corrected chi connectivity index (χ3v) is 3.59. The van der Waals surface area contributed by atoms with Crippen LogP contribution in [0.2, 0.25) is 0 Å². The van der Waals surface area contributed by atoms with Gasteiger partial charge in [0, 0.05) is 6.54 Å². The van der Waals surface area contributed by atoms with Crippen molar-refractivity contribution in [3.8, 4) is 6.07 Å². The van der Waals surface area contributed by atoms with Gasteiger partial charge in [0.2, 0.25) is 0 Å². The molecule has 0 aromatic heterocycles. The molecule has 100 valence electrons. The second kappa shape index (κ2) is 5.88. The third kappa shape index (κ3) is 3.35. The normalized spacial score (nSPS) is 22.5. The van der Waals surface area contributed by atoms with Crippen molar-refractivity contribution >= 4 is 5.69 Å². The number of nitrogens with one attached hydrogen (secondary N) is 1. The molecule has 0 heterocycles. The first-order valence-corrected chi connectivity index (χ1v) is 6.70. The number of anilines is 1. The predicted molar refractivity (Wildman–Crippen MR) is 75.2 cm³/mol. The zero-order valence-corrected chi connectivity index (χ0v) is 11.4. The van der Waals surface area contributed by atoms with Crippen LogP contribution in [0.5, 0.6) is 0 Å². The maximum absolute atomic E-state index is 13.5. The molecule has 0 saturated carbocycles. The Hall–Kier alpha value is -1.82. The van der Waals surface area contributed by atoms with E-state index in [1.165, 1.54) is 11.6 Å². The van der Waals surface area contributed by atoms with Crippen LogP contribution in [-0.2, 0) is 0 Å². The van der Waals surface area contributed by atoms with E-state index < -0.39 is 5.82 Å². The summed E-state index contributed by atoms with van der Waals surface area (Å²) in [5.74, 6) is 0.693. The van der Waals surface area contributed by atoms with Crippen molar-refractivity contribution in [2.45, 2.75) is 26.7 Å². The molecule has 0 bridgehead atoms. The van der Waals surface area contributed by atoms with Crippen LogP contribution in [0, 0.1) is 29.0 Å². The molecule has 3 heteroatoms. The van der Waals surface area contributed by atoms with Gasteiger partial charge in [0.25, 0.3) is 0 Å². The summed E-state index contributed by atoms with van der Waals surface area (Å²) in [7, 11) is 0. The number of benzene rings is 1. The molecular formula is C16H19FN2. The summed E-state index contributed by atoms with van der Waals surface area (Å²) in [5.41, 5.74) is 2.13. The van der Waals surface area contributed by atoms with Gasteiger partial charge < -0.3 is 5.32 Å². The van der Waals surface area contributed by atoms with Gasteiger partial charge in [-0.05, 0) is 43.7 Å². The summed E-state index contributed by atoms with van der Waals surface area (Å²) >= 11 is 0. The Balaban J connectivity index is 2.02. The van der Waals surface area contributed by atoms with Crippen LogP contribution < -0.4 is 5.32 Å². The van der Waals surface area contributed by atoms with Gasteiger partial charge in [0.1, 0.15) is 17.4 Å². The Labute approximate surface area is 113 Å². The highest BCUT2D eigenvalue weighted by Crippen LogP contribution is 2.28. The highest BCUT2D eigenvalue weighted by Gasteiger charge is 2.18. The molecule has 1 aromatic rings. The fourth-order valence-electron chi connectivity index (χ4n) is 2.88. The molecule has 2 rings (SSSR count). The van der Waals surface area contributed by atoms with Crippen molar-refractivity contribution in [1.29, 1.82) is 5.26 Å². The Bertz CT molecular complexity index is 528. The molecule has 0 spiro atoms. The van der Waals surface area contributed by atoms with E-state index in [1.54, 1.807) is 12.1 Å². The van der Waals surface area contributed by atoms with E-state index in [1.807, 2.05) is 6.07 Å². The van der Waals surface area contributed by atoms with Crippen LogP contribution in [0.15, 0.2) is 29.8 Å². The van der Waals surface area contributed by atoms with Gasteiger partial charge in [-0.3, -0.25) is 0 Å². The Morgan fingerprint density at radius 2 is 2.26 bits per heavy atom. The van der Waals surface area contributed by atoms with Gasteiger partial charge in [0.15, 0.2) is 0 Å². The molecule has 0 amide bonds. The smallest absolute Gasteiger partial charge is 0.143 e. The van der Waals surface area contributed by atoms with Gasteiger partial charge in [-0.1, -0.05) is 24.6 Å². The lowest BCUT2D eigenvalue weighted by atomic mass is 9.83. The highest BCUT2D eigenvalue weighted by atomic mass is 19.1. The highest BCUT2D eigenvalue weighted by molar-refractivity contribution is 5.57. The Kier molecular flexibility index (Phi) is 4.21. The van der Waals surface area contributed by atoms with Crippen molar-refractivity contribution < 1.29 is 4.39 Å². The maximum Gasteiger partial charge on any atom is 0.143 e. The molecule has 0 saturated heterocycles. The van der Waals surface area contributed by atoms with Gasteiger partial charge >= 0.3 is 0 Å². The summed E-state index contributed by atoms with van der Waals surface area (Å²) in [4.78, 5) is 0. The van der Waals surface area contributed by atoms with Crippen LogP contribution in [0.4, 0.5) is 10.1 Å². The average molecular weight is 258 g/mol. The van der Waals surface area contributed by atoms with E-state index in [9.17, 15) is 4.39 Å². The van der Waals surface area contributed by atoms with Gasteiger partial charge in [0.05, 0.1) is 5.69 Å². The first kappa shape index (κ1) is 13.6. The van der Waals surface area contributed by atoms with E-state index in [0.717, 1.165) is 19.4 Å². The fraction of sp³-hybridized carbons (Fsp3) is 0.438. The summed E-state index contributed by atoms with van der Waals surface area (Å²) in [6.07, 6.45) is 4.54. The van der Waals surface area contributed by atoms with Crippen LogP contribution in [0.1, 0.15) is 32.3 Å². The standard InChI is InChI=1S/C16H19FN2/c1-11-6-12(2)8-13(7-11)10-19-16-5-3-4-15(17)14(16)9-18/h3-6,11,13,19H,7-8,10H2,1-2H3. The number of nitriles is 1. The first-order valence-electron chi connectivity index (χ1n) is 6.70. The number of halogens is 1. The zero-order chi connectivity index (χ0) is 13.8. The molecule has 0 radical (unpaired) electrons. The second-order valence-electron chi connectivity index (χ2n) is 5.45. The molecule has 2 unspecified atom stereocenters. The second-order valence-corrected chi connectivity index (χ2v) is 5.45. The summed E-state index contributed by atoms with van der Waals surface area (Å²) in [5, 5.41) is 12.2. The zero-order valence-electron chi connectivity index (χ0n) is 11.4. The SMILES string of the molecule is CC1=CC(C)CC(CNc2cccc(F)c2C#N)C1. The van der Waals surface area contributed by atoms with E-state index in [2.05, 4.69) is 25.2 Å². The number of rotatable bonds is 3. The Morgan fingerprint density at radius 1 is 1.47 bits per heavy atom. The lowest BCUT2D eigenvalue weighted by Gasteiger charge is -2.26. The fourth-order valence-corrected chi connectivity index (χ4v) is 2.88. The quantitative estimate of drug-likeness (QED) is 0.828. The first-order chi connectivity index (χ1) is 9.10. The molecule has 0 aliphatic heterocycles. The minimum Gasteiger partial charge on any atom is -0.384 e. The molecule has 2 atom stereocenters. The van der Waals surface area contributed by atoms with E-state index in [-0.39, 0.29) is 5.56 Å². The minimum absolute atomic E-state index is 0.110. The van der Waals surface area contributed by atoms with Crippen molar-refractivity contribution in [1.82, 2.24) is 0 Å². The maximum atomic E-state index is 13.5. The van der Waals surface area contributed by atoms with E-state index in [4.69, 9.17) is 5.26 Å². The van der Waals surface area contributed by atoms with Crippen molar-refractivity contribution in [3.63, 3.8) is 0 Å². The van der Waals surface area contributed by atoms with E-state index in [0.29, 0.717) is 17.5 Å². The minimum atomic E-state index is -0.458. The van der Waals surface area contributed by atoms with Gasteiger partial charge in [-0.2, -0.15) is 5.26 Å². The van der Waals surface area contributed by atoms with Gasteiger partial charge in [-0.25, -0.2) is 4.39 Å². The number of nitrogens with zero attached hydrogens (tertiary/aromatic N) is 1. The molecule has 2 nitrogen and oxygen atoms in total. The average Bonchev–Trinajstić information content (AvgIpc) is 2.35. The summed E-state index contributed by atoms with van der Waals surface area (Å²) < 4.78 is 13.5. The largest absolute Gasteiger partial charge is 0.384 e. The van der Waals surface area contributed by atoms with Crippen LogP contribution in [-0.4, -0.2) is 6.54 Å². The summed E-state index contributed by atoms with van der Waals surface area (Å²) in [6, 6.07) is 6.63. The van der Waals surface area contributed by atoms with Crippen molar-refractivity contribution in [2.24, 2.45) is 11.8 Å². The molecule has 1 aromatic carbocycles. The van der Waals surface area contributed by atoms with E-state index >= 15 is 0 Å². The number of hydrogen-bond donors (Lipinski definition) is 1. The molecule has 1 aliphatic carbocycles. The molecule has 19 heavy (non-hydrogen) atoms. The predicted octanol–water partition coefficient (Wildman–Crippen LogP) is 4.10. The lowest BCUT2D eigenvalue weighted by molar-refractivity contribution is 0.421. The third-order valence-electron chi connectivity index (χ3n) is 3.59. The number of allylic oxidation sites excluding steroid dienone is 2.